The molecule has 2 aliphatic rings. The van der Waals surface area contributed by atoms with Gasteiger partial charge in [-0.3, -0.25) is 14.8 Å². The average Bonchev–Trinajstić information content (AvgIpc) is 3.09. The smallest absolute Gasteiger partial charge is 0.411 e. The summed E-state index contributed by atoms with van der Waals surface area (Å²) in [6.07, 6.45) is 4.66. The van der Waals surface area contributed by atoms with E-state index in [0.717, 1.165) is 42.1 Å². The second-order valence-electron chi connectivity index (χ2n) is 9.52. The highest BCUT2D eigenvalue weighted by molar-refractivity contribution is 5.73. The number of likely N-dealkylation sites (tertiary alicyclic amines) is 1. The number of amides is 1. The number of carbonyl (C=O) groups excluding carboxylic acids is 1. The molecule has 3 aromatic rings. The maximum absolute atomic E-state index is 13.4. The number of hydrogen-bond acceptors (Lipinski definition) is 5. The molecule has 1 atom stereocenters. The zero-order valence-electron chi connectivity index (χ0n) is 20.1. The third-order valence-corrected chi connectivity index (χ3v) is 7.61. The van der Waals surface area contributed by atoms with Crippen LogP contribution >= 0.6 is 0 Å². The summed E-state index contributed by atoms with van der Waals surface area (Å²) in [5.41, 5.74) is 1.64. The van der Waals surface area contributed by atoms with Gasteiger partial charge in [0.1, 0.15) is 22.7 Å². The number of halogens is 1. The van der Waals surface area contributed by atoms with Gasteiger partial charge in [-0.25, -0.2) is 9.18 Å². The zero-order chi connectivity index (χ0) is 24.5. The minimum atomic E-state index is -0.691. The van der Waals surface area contributed by atoms with E-state index >= 15 is 0 Å². The van der Waals surface area contributed by atoms with Gasteiger partial charge in [0.05, 0.1) is 13.7 Å². The maximum atomic E-state index is 13.4. The largest absolute Gasteiger partial charge is 0.497 e. The van der Waals surface area contributed by atoms with Crippen LogP contribution in [0.2, 0.25) is 0 Å². The van der Waals surface area contributed by atoms with E-state index in [2.05, 4.69) is 16.8 Å². The van der Waals surface area contributed by atoms with Crippen molar-refractivity contribution in [1.29, 1.82) is 0 Å². The number of ether oxygens (including phenoxy) is 2. The fourth-order valence-corrected chi connectivity index (χ4v) is 5.51. The number of aromatic nitrogens is 1. The molecule has 2 saturated heterocycles. The van der Waals surface area contributed by atoms with Crippen molar-refractivity contribution in [3.63, 3.8) is 0 Å². The second-order valence-corrected chi connectivity index (χ2v) is 9.52. The summed E-state index contributed by atoms with van der Waals surface area (Å²) in [5, 5.41) is 0. The first kappa shape index (κ1) is 23.3. The molecule has 0 bridgehead atoms. The number of pyridine rings is 1. The van der Waals surface area contributed by atoms with E-state index in [9.17, 15) is 9.18 Å². The van der Waals surface area contributed by atoms with E-state index in [1.165, 1.54) is 12.1 Å². The van der Waals surface area contributed by atoms with Gasteiger partial charge in [0.2, 0.25) is 0 Å². The number of benzene rings is 2. The fraction of sp³-hybridized carbons (Fsp3) is 0.357. The summed E-state index contributed by atoms with van der Waals surface area (Å²) in [6, 6.07) is 18.3. The van der Waals surface area contributed by atoms with Crippen LogP contribution in [0.1, 0.15) is 36.5 Å². The summed E-state index contributed by atoms with van der Waals surface area (Å²) in [6.45, 7) is 4.79. The van der Waals surface area contributed by atoms with Crippen molar-refractivity contribution in [3.8, 4) is 5.75 Å². The Labute approximate surface area is 205 Å². The quantitative estimate of drug-likeness (QED) is 0.495. The van der Waals surface area contributed by atoms with E-state index in [1.54, 1.807) is 13.3 Å². The Morgan fingerprint density at radius 3 is 2.49 bits per heavy atom. The molecule has 182 valence electrons. The lowest BCUT2D eigenvalue weighted by Gasteiger charge is -2.48. The van der Waals surface area contributed by atoms with E-state index in [-0.39, 0.29) is 11.9 Å². The molecular formula is C28H30FN3O3. The van der Waals surface area contributed by atoms with Crippen LogP contribution in [0, 0.1) is 5.82 Å². The van der Waals surface area contributed by atoms with Gasteiger partial charge >= 0.3 is 6.09 Å². The predicted molar refractivity (Wildman–Crippen MR) is 130 cm³/mol. The Morgan fingerprint density at radius 2 is 1.80 bits per heavy atom. The second kappa shape index (κ2) is 9.30. The minimum absolute atomic E-state index is 0.229. The molecule has 3 heterocycles. The highest BCUT2D eigenvalue weighted by Crippen LogP contribution is 2.52. The lowest BCUT2D eigenvalue weighted by molar-refractivity contribution is -0.0615. The van der Waals surface area contributed by atoms with Gasteiger partial charge in [-0.15, -0.1) is 0 Å². The SMILES string of the molecule is COc1cccc(CN2C(=O)OC3(CCN(Cc4ccc(F)cc4)CC3)C2(C)c2cccnc2)c1. The lowest BCUT2D eigenvalue weighted by atomic mass is 9.70. The summed E-state index contributed by atoms with van der Waals surface area (Å²) in [7, 11) is 1.64. The molecule has 6 nitrogen and oxygen atoms in total. The monoisotopic (exact) mass is 475 g/mol. The van der Waals surface area contributed by atoms with E-state index in [4.69, 9.17) is 9.47 Å². The standard InChI is InChI=1S/C28H30FN3O3/c1-27(23-6-4-14-30-18-23)28(12-15-31(16-13-28)19-21-8-10-24(29)11-9-21)35-26(33)32(27)20-22-5-3-7-25(17-22)34-2/h3-11,14,17-18H,12-13,15-16,19-20H2,1-2H3. The van der Waals surface area contributed by atoms with Gasteiger partial charge in [-0.05, 0) is 53.9 Å². The van der Waals surface area contributed by atoms with Gasteiger partial charge in [0.15, 0.2) is 0 Å². The number of hydrogen-bond donors (Lipinski definition) is 0. The third-order valence-electron chi connectivity index (χ3n) is 7.61. The molecule has 1 aromatic heterocycles. The van der Waals surface area contributed by atoms with Crippen LogP contribution in [0.3, 0.4) is 0 Å². The van der Waals surface area contributed by atoms with Crippen LogP contribution in [0.4, 0.5) is 9.18 Å². The van der Waals surface area contributed by atoms with Crippen LogP contribution < -0.4 is 4.74 Å². The van der Waals surface area contributed by atoms with Crippen molar-refractivity contribution in [2.24, 2.45) is 0 Å². The van der Waals surface area contributed by atoms with E-state index in [1.807, 2.05) is 59.6 Å². The number of nitrogens with zero attached hydrogens (tertiary/aromatic N) is 3. The van der Waals surface area contributed by atoms with Crippen LogP contribution in [-0.2, 0) is 23.4 Å². The molecule has 0 aliphatic carbocycles. The van der Waals surface area contributed by atoms with Gasteiger partial charge in [-0.2, -0.15) is 0 Å². The van der Waals surface area contributed by atoms with Crippen molar-refractivity contribution in [2.75, 3.05) is 20.2 Å². The molecule has 1 amide bonds. The molecule has 0 N–H and O–H groups in total. The number of piperidine rings is 1. The Bertz CT molecular complexity index is 1180. The Kier molecular flexibility index (Phi) is 6.19. The maximum Gasteiger partial charge on any atom is 0.411 e. The molecule has 2 fully saturated rings. The topological polar surface area (TPSA) is 54.9 Å². The van der Waals surface area contributed by atoms with Crippen molar-refractivity contribution >= 4 is 6.09 Å². The fourth-order valence-electron chi connectivity index (χ4n) is 5.51. The van der Waals surface area contributed by atoms with Crippen molar-refractivity contribution < 1.29 is 18.7 Å². The first-order chi connectivity index (χ1) is 16.9. The van der Waals surface area contributed by atoms with Crippen LogP contribution in [0.25, 0.3) is 0 Å². The normalized spacial score (nSPS) is 21.8. The molecular weight excluding hydrogens is 445 g/mol. The number of rotatable bonds is 6. The van der Waals surface area contributed by atoms with Gasteiger partial charge in [0.25, 0.3) is 0 Å². The Hall–Kier alpha value is -3.45. The summed E-state index contributed by atoms with van der Waals surface area (Å²) in [5.74, 6) is 0.523. The molecule has 1 spiro atoms. The molecule has 2 aromatic carbocycles. The van der Waals surface area contributed by atoms with Gasteiger partial charge < -0.3 is 9.47 Å². The van der Waals surface area contributed by atoms with Gasteiger partial charge in [-0.1, -0.05) is 30.3 Å². The number of methoxy groups -OCH3 is 1. The number of carbonyl (C=O) groups is 1. The summed E-state index contributed by atoms with van der Waals surface area (Å²) < 4.78 is 25.0. The average molecular weight is 476 g/mol. The molecule has 0 radical (unpaired) electrons. The zero-order valence-corrected chi connectivity index (χ0v) is 20.1. The van der Waals surface area contributed by atoms with Crippen molar-refractivity contribution in [1.82, 2.24) is 14.8 Å². The van der Waals surface area contributed by atoms with Gasteiger partial charge in [0, 0.05) is 44.9 Å². The molecule has 2 aliphatic heterocycles. The lowest BCUT2D eigenvalue weighted by Crippen LogP contribution is -2.58. The molecule has 0 saturated carbocycles. The minimum Gasteiger partial charge on any atom is -0.497 e. The summed E-state index contributed by atoms with van der Waals surface area (Å²) >= 11 is 0. The molecule has 5 rings (SSSR count). The summed E-state index contributed by atoms with van der Waals surface area (Å²) in [4.78, 5) is 21.9. The Balaban J connectivity index is 1.43. The highest BCUT2D eigenvalue weighted by Gasteiger charge is 2.63. The molecule has 35 heavy (non-hydrogen) atoms. The predicted octanol–water partition coefficient (Wildman–Crippen LogP) is 5.13. The van der Waals surface area contributed by atoms with E-state index < -0.39 is 11.1 Å². The first-order valence-corrected chi connectivity index (χ1v) is 11.9. The van der Waals surface area contributed by atoms with Crippen molar-refractivity contribution in [2.45, 2.75) is 44.0 Å². The van der Waals surface area contributed by atoms with Crippen LogP contribution in [-0.4, -0.2) is 46.7 Å². The Morgan fingerprint density at radius 1 is 1.03 bits per heavy atom. The third kappa shape index (κ3) is 4.25. The first-order valence-electron chi connectivity index (χ1n) is 11.9. The van der Waals surface area contributed by atoms with Crippen LogP contribution in [0.15, 0.2) is 73.1 Å². The molecule has 1 unspecified atom stereocenters. The van der Waals surface area contributed by atoms with Crippen LogP contribution in [0.5, 0.6) is 5.75 Å². The van der Waals surface area contributed by atoms with E-state index in [0.29, 0.717) is 19.4 Å². The molecule has 7 heteroatoms. The van der Waals surface area contributed by atoms with Crippen molar-refractivity contribution in [3.05, 3.63) is 95.6 Å². The highest BCUT2D eigenvalue weighted by atomic mass is 19.1.